The molecule has 3 rings (SSSR count). The highest BCUT2D eigenvalue weighted by Crippen LogP contribution is 2.28. The van der Waals surface area contributed by atoms with Crippen LogP contribution in [0.25, 0.3) is 10.2 Å². The zero-order chi connectivity index (χ0) is 15.7. The van der Waals surface area contributed by atoms with Crippen LogP contribution in [0, 0.1) is 16.0 Å². The topological polar surface area (TPSA) is 77.5 Å². The Bertz CT molecular complexity index is 830. The van der Waals surface area contributed by atoms with Gasteiger partial charge in [0.2, 0.25) is 0 Å². The van der Waals surface area contributed by atoms with Crippen molar-refractivity contribution in [2.75, 3.05) is 0 Å². The molecule has 0 atom stereocenters. The van der Waals surface area contributed by atoms with Crippen LogP contribution in [0.5, 0.6) is 0 Å². The lowest BCUT2D eigenvalue weighted by Gasteiger charge is -2.20. The van der Waals surface area contributed by atoms with Crippen LogP contribution in [0.3, 0.4) is 0 Å². The molecule has 22 heavy (non-hydrogen) atoms. The standard InChI is InChI=1S/C15H15N3O3S/c1-2-8-17-12-7-6-11(18(20)21)9-13(12)22-15(17)16-14(19)10-4-3-5-10/h2,6-7,9-10H,1,3-5,8H2. The minimum Gasteiger partial charge on any atom is -0.312 e. The molecule has 1 aromatic heterocycles. The Labute approximate surface area is 130 Å². The number of nitro groups is 1. The van der Waals surface area contributed by atoms with E-state index in [-0.39, 0.29) is 17.5 Å². The van der Waals surface area contributed by atoms with Crippen molar-refractivity contribution < 1.29 is 9.72 Å². The van der Waals surface area contributed by atoms with Gasteiger partial charge in [0.15, 0.2) is 4.80 Å². The maximum atomic E-state index is 12.1. The summed E-state index contributed by atoms with van der Waals surface area (Å²) in [5.41, 5.74) is 0.868. The smallest absolute Gasteiger partial charge is 0.270 e. The first kappa shape index (κ1) is 14.6. The van der Waals surface area contributed by atoms with Crippen LogP contribution in [0.15, 0.2) is 35.8 Å². The Hall–Kier alpha value is -2.28. The minimum atomic E-state index is -0.423. The number of rotatable bonds is 4. The monoisotopic (exact) mass is 317 g/mol. The Kier molecular flexibility index (Phi) is 3.89. The fraction of sp³-hybridized carbons (Fsp3) is 0.333. The van der Waals surface area contributed by atoms with Gasteiger partial charge in [0.25, 0.3) is 11.6 Å². The molecular formula is C15H15N3O3S. The van der Waals surface area contributed by atoms with E-state index in [0.717, 1.165) is 29.5 Å². The van der Waals surface area contributed by atoms with Gasteiger partial charge in [0, 0.05) is 24.6 Å². The quantitative estimate of drug-likeness (QED) is 0.494. The van der Waals surface area contributed by atoms with E-state index in [1.807, 2.05) is 4.57 Å². The van der Waals surface area contributed by atoms with Crippen molar-refractivity contribution >= 4 is 33.1 Å². The van der Waals surface area contributed by atoms with Crippen molar-refractivity contribution in [3.63, 3.8) is 0 Å². The summed E-state index contributed by atoms with van der Waals surface area (Å²) in [6, 6.07) is 4.68. The van der Waals surface area contributed by atoms with Crippen LogP contribution in [-0.2, 0) is 11.3 Å². The van der Waals surface area contributed by atoms with Crippen LogP contribution in [0.2, 0.25) is 0 Å². The third kappa shape index (κ3) is 2.59. The number of hydrogen-bond donors (Lipinski definition) is 0. The number of fused-ring (bicyclic) bond motifs is 1. The van der Waals surface area contributed by atoms with Gasteiger partial charge in [-0.1, -0.05) is 23.8 Å². The average Bonchev–Trinajstić information content (AvgIpc) is 2.74. The number of benzene rings is 1. The molecule has 0 N–H and O–H groups in total. The van der Waals surface area contributed by atoms with Crippen molar-refractivity contribution in [1.29, 1.82) is 0 Å². The van der Waals surface area contributed by atoms with Crippen molar-refractivity contribution in [2.45, 2.75) is 25.8 Å². The maximum absolute atomic E-state index is 12.1. The molecule has 0 radical (unpaired) electrons. The van der Waals surface area contributed by atoms with Crippen LogP contribution in [0.4, 0.5) is 5.69 Å². The number of thiazole rings is 1. The molecule has 6 nitrogen and oxygen atoms in total. The first-order valence-electron chi connectivity index (χ1n) is 7.07. The Balaban J connectivity index is 2.13. The molecule has 1 aliphatic rings. The minimum absolute atomic E-state index is 0.0383. The van der Waals surface area contributed by atoms with Gasteiger partial charge in [-0.05, 0) is 18.9 Å². The van der Waals surface area contributed by atoms with Crippen molar-refractivity contribution in [3.8, 4) is 0 Å². The summed E-state index contributed by atoms with van der Waals surface area (Å²) >= 11 is 1.30. The van der Waals surface area contributed by atoms with Gasteiger partial charge in [-0.25, -0.2) is 0 Å². The van der Waals surface area contributed by atoms with E-state index in [0.29, 0.717) is 11.3 Å². The summed E-state index contributed by atoms with van der Waals surface area (Å²) in [5, 5.41) is 10.9. The zero-order valence-electron chi connectivity index (χ0n) is 11.9. The highest BCUT2D eigenvalue weighted by molar-refractivity contribution is 7.16. The van der Waals surface area contributed by atoms with Gasteiger partial charge in [-0.3, -0.25) is 14.9 Å². The highest BCUT2D eigenvalue weighted by Gasteiger charge is 2.25. The van der Waals surface area contributed by atoms with Gasteiger partial charge in [0.05, 0.1) is 15.1 Å². The second kappa shape index (κ2) is 5.84. The molecule has 114 valence electrons. The molecule has 0 unspecified atom stereocenters. The van der Waals surface area contributed by atoms with E-state index in [4.69, 9.17) is 0 Å². The summed E-state index contributed by atoms with van der Waals surface area (Å²) in [5.74, 6) is -0.0538. The molecule has 1 amide bonds. The zero-order valence-corrected chi connectivity index (χ0v) is 12.7. The number of allylic oxidation sites excluding steroid dienone is 1. The predicted molar refractivity (Wildman–Crippen MR) is 84.6 cm³/mol. The van der Waals surface area contributed by atoms with Crippen LogP contribution < -0.4 is 4.80 Å². The molecule has 1 fully saturated rings. The molecule has 0 bridgehead atoms. The van der Waals surface area contributed by atoms with Crippen LogP contribution >= 0.6 is 11.3 Å². The molecule has 1 saturated carbocycles. The molecule has 2 aromatic rings. The predicted octanol–water partition coefficient (Wildman–Crippen LogP) is 3.02. The van der Waals surface area contributed by atoms with Gasteiger partial charge < -0.3 is 4.57 Å². The van der Waals surface area contributed by atoms with Gasteiger partial charge in [-0.15, -0.1) is 6.58 Å². The number of nitrogens with zero attached hydrogens (tertiary/aromatic N) is 3. The fourth-order valence-corrected chi connectivity index (χ4v) is 3.48. The number of carbonyl (C=O) groups excluding carboxylic acids is 1. The Morgan fingerprint density at radius 2 is 2.32 bits per heavy atom. The Morgan fingerprint density at radius 3 is 2.91 bits per heavy atom. The number of aromatic nitrogens is 1. The lowest BCUT2D eigenvalue weighted by molar-refractivity contribution is -0.384. The van der Waals surface area contributed by atoms with E-state index in [2.05, 4.69) is 11.6 Å². The highest BCUT2D eigenvalue weighted by atomic mass is 32.1. The number of hydrogen-bond acceptors (Lipinski definition) is 4. The second-order valence-electron chi connectivity index (χ2n) is 5.27. The summed E-state index contributed by atoms with van der Waals surface area (Å²) in [6.07, 6.45) is 4.61. The summed E-state index contributed by atoms with van der Waals surface area (Å²) in [4.78, 5) is 27.4. The van der Waals surface area contributed by atoms with E-state index in [1.54, 1.807) is 12.1 Å². The van der Waals surface area contributed by atoms with Gasteiger partial charge >= 0.3 is 0 Å². The molecule has 0 aliphatic heterocycles. The van der Waals surface area contributed by atoms with Crippen molar-refractivity contribution in [3.05, 3.63) is 45.8 Å². The molecule has 0 spiro atoms. The number of nitro benzene ring substituents is 1. The first-order valence-corrected chi connectivity index (χ1v) is 7.89. The van der Waals surface area contributed by atoms with E-state index < -0.39 is 4.92 Å². The largest absolute Gasteiger partial charge is 0.312 e. The van der Waals surface area contributed by atoms with Gasteiger partial charge in [-0.2, -0.15) is 4.99 Å². The third-order valence-electron chi connectivity index (χ3n) is 3.85. The summed E-state index contributed by atoms with van der Waals surface area (Å²) < 4.78 is 2.61. The van der Waals surface area contributed by atoms with Crippen LogP contribution in [-0.4, -0.2) is 15.4 Å². The van der Waals surface area contributed by atoms with E-state index >= 15 is 0 Å². The van der Waals surface area contributed by atoms with E-state index in [1.165, 1.54) is 23.5 Å². The SMILES string of the molecule is C=CCn1c(=NC(=O)C2CCC2)sc2cc([N+](=O)[O-])ccc21. The Morgan fingerprint density at radius 1 is 1.55 bits per heavy atom. The first-order chi connectivity index (χ1) is 10.6. The van der Waals surface area contributed by atoms with Crippen LogP contribution in [0.1, 0.15) is 19.3 Å². The molecular weight excluding hydrogens is 302 g/mol. The lowest BCUT2D eigenvalue weighted by atomic mass is 9.85. The normalized spacial score (nSPS) is 15.7. The molecule has 1 aliphatic carbocycles. The molecule has 1 aromatic carbocycles. The molecule has 1 heterocycles. The summed E-state index contributed by atoms with van der Waals surface area (Å²) in [7, 11) is 0. The molecule has 0 saturated heterocycles. The van der Waals surface area contributed by atoms with Crippen molar-refractivity contribution in [1.82, 2.24) is 4.57 Å². The number of non-ortho nitro benzene ring substituents is 1. The average molecular weight is 317 g/mol. The lowest BCUT2D eigenvalue weighted by Crippen LogP contribution is -2.24. The number of amides is 1. The van der Waals surface area contributed by atoms with E-state index in [9.17, 15) is 14.9 Å². The number of carbonyl (C=O) groups is 1. The van der Waals surface area contributed by atoms with Crippen molar-refractivity contribution in [2.24, 2.45) is 10.9 Å². The fourth-order valence-electron chi connectivity index (χ4n) is 2.41. The molecule has 7 heteroatoms. The second-order valence-corrected chi connectivity index (χ2v) is 6.28. The van der Waals surface area contributed by atoms with Gasteiger partial charge in [0.1, 0.15) is 0 Å². The maximum Gasteiger partial charge on any atom is 0.270 e. The summed E-state index contributed by atoms with van der Waals surface area (Å²) in [6.45, 7) is 4.23. The third-order valence-corrected chi connectivity index (χ3v) is 4.89.